The summed E-state index contributed by atoms with van der Waals surface area (Å²) < 4.78 is 16.3. The molecule has 1 aliphatic heterocycles. The lowest BCUT2D eigenvalue weighted by molar-refractivity contribution is -0.118. The number of benzene rings is 1. The van der Waals surface area contributed by atoms with Crippen molar-refractivity contribution in [3.05, 3.63) is 62.9 Å². The van der Waals surface area contributed by atoms with Crippen LogP contribution < -0.4 is 10.6 Å². The number of aromatic amines is 1. The number of carbonyl (C=O) groups excluding carboxylic acids is 3. The van der Waals surface area contributed by atoms with Crippen LogP contribution in [0.25, 0.3) is 0 Å². The summed E-state index contributed by atoms with van der Waals surface area (Å²) >= 11 is 5.98. The van der Waals surface area contributed by atoms with Crippen LogP contribution in [0.3, 0.4) is 0 Å². The number of fused-ring (bicyclic) bond motifs is 1. The molecule has 5 rings (SSSR count). The van der Waals surface area contributed by atoms with Crippen LogP contribution in [0.15, 0.2) is 18.3 Å². The van der Waals surface area contributed by atoms with Crippen molar-refractivity contribution in [2.75, 3.05) is 5.32 Å². The molecule has 1 aromatic carbocycles. The highest BCUT2D eigenvalue weighted by Crippen LogP contribution is 2.44. The molecule has 2 aromatic heterocycles. The van der Waals surface area contributed by atoms with Crippen LogP contribution in [0.2, 0.25) is 5.02 Å². The summed E-state index contributed by atoms with van der Waals surface area (Å²) in [5.41, 5.74) is 1.85. The number of ketones is 1. The normalized spacial score (nSPS) is 15.6. The summed E-state index contributed by atoms with van der Waals surface area (Å²) in [4.78, 5) is 39.4. The third-order valence-corrected chi connectivity index (χ3v) is 7.06. The number of amides is 2. The minimum atomic E-state index is -0.757. The largest absolute Gasteiger partial charge is 0.340 e. The number of Topliss-reactive ketones (excluding diaryl/α,β-unsaturated/α-hetero) is 1. The van der Waals surface area contributed by atoms with Crippen molar-refractivity contribution in [2.45, 2.75) is 51.6 Å². The Balaban J connectivity index is 1.44. The number of halogens is 2. The van der Waals surface area contributed by atoms with Gasteiger partial charge in [-0.25, -0.2) is 4.39 Å². The predicted molar refractivity (Wildman–Crippen MR) is 121 cm³/mol. The highest BCUT2D eigenvalue weighted by Gasteiger charge is 2.49. The van der Waals surface area contributed by atoms with Crippen LogP contribution in [-0.2, 0) is 23.3 Å². The Bertz CT molecular complexity index is 1340. The molecule has 0 radical (unpaired) electrons. The summed E-state index contributed by atoms with van der Waals surface area (Å²) in [5, 5.41) is 15.6. The van der Waals surface area contributed by atoms with E-state index in [4.69, 9.17) is 11.6 Å². The van der Waals surface area contributed by atoms with Gasteiger partial charge in [0.2, 0.25) is 0 Å². The number of hydrogen-bond donors (Lipinski definition) is 3. The van der Waals surface area contributed by atoms with E-state index in [-0.39, 0.29) is 22.0 Å². The molecule has 3 N–H and O–H groups in total. The molecule has 176 valence electrons. The molecular weight excluding hydrogens is 463 g/mol. The number of anilines is 1. The van der Waals surface area contributed by atoms with Crippen LogP contribution in [0, 0.1) is 19.7 Å². The smallest absolute Gasteiger partial charge is 0.293 e. The average molecular weight is 485 g/mol. The first-order valence-electron chi connectivity index (χ1n) is 10.9. The van der Waals surface area contributed by atoms with Crippen LogP contribution in [0.1, 0.15) is 62.6 Å². The first-order chi connectivity index (χ1) is 16.2. The number of aryl methyl sites for hydroxylation is 1. The molecule has 2 aliphatic rings. The van der Waals surface area contributed by atoms with Gasteiger partial charge in [-0.2, -0.15) is 0 Å². The number of rotatable bonds is 6. The topological polar surface area (TPSA) is 122 Å². The molecule has 3 heterocycles. The quantitative estimate of drug-likeness (QED) is 0.366. The zero-order valence-corrected chi connectivity index (χ0v) is 19.3. The summed E-state index contributed by atoms with van der Waals surface area (Å²) in [6.45, 7) is 3.82. The standard InChI is InChI=1S/C23H22ClFN6O3/c1-11-5-6-13(18(25)17(11)24)27-21(33)19-12(2)16(14-4-3-9-31(14)19)20(32)22(34)28-23(7-8-23)15-10-26-30-29-15/h5-6,10H,3-4,7-9H2,1-2H3,(H,27,33)(H,28,34)(H,26,29,30). The molecular formula is C23H22ClFN6O3. The Labute approximate surface area is 199 Å². The van der Waals surface area contributed by atoms with Crippen molar-refractivity contribution < 1.29 is 18.8 Å². The Hall–Kier alpha value is -3.53. The lowest BCUT2D eigenvalue weighted by atomic mass is 10.0. The third kappa shape index (κ3) is 3.49. The summed E-state index contributed by atoms with van der Waals surface area (Å²) in [6.07, 6.45) is 4.19. The van der Waals surface area contributed by atoms with Gasteiger partial charge in [-0.15, -0.1) is 5.10 Å². The van der Waals surface area contributed by atoms with Gasteiger partial charge in [0.1, 0.15) is 11.4 Å². The van der Waals surface area contributed by atoms with Gasteiger partial charge >= 0.3 is 0 Å². The molecule has 0 unspecified atom stereocenters. The van der Waals surface area contributed by atoms with Gasteiger partial charge in [0.15, 0.2) is 5.82 Å². The Morgan fingerprint density at radius 1 is 1.24 bits per heavy atom. The van der Waals surface area contributed by atoms with Crippen molar-refractivity contribution in [3.8, 4) is 0 Å². The minimum absolute atomic E-state index is 0.0533. The van der Waals surface area contributed by atoms with E-state index >= 15 is 0 Å². The molecule has 0 spiro atoms. The van der Waals surface area contributed by atoms with Crippen molar-refractivity contribution in [1.82, 2.24) is 25.3 Å². The second-order valence-electron chi connectivity index (χ2n) is 8.79. The second kappa shape index (κ2) is 8.05. The first kappa shape index (κ1) is 22.3. The number of aromatic nitrogens is 4. The van der Waals surface area contributed by atoms with E-state index in [0.29, 0.717) is 48.3 Å². The van der Waals surface area contributed by atoms with Crippen LogP contribution in [0.4, 0.5) is 10.1 Å². The zero-order valence-electron chi connectivity index (χ0n) is 18.6. The van der Waals surface area contributed by atoms with Gasteiger partial charge in [-0.05, 0) is 56.7 Å². The molecule has 0 atom stereocenters. The second-order valence-corrected chi connectivity index (χ2v) is 9.16. The predicted octanol–water partition coefficient (Wildman–Crippen LogP) is 3.20. The third-order valence-electron chi connectivity index (χ3n) is 6.59. The summed E-state index contributed by atoms with van der Waals surface area (Å²) in [6, 6.07) is 3.05. The Morgan fingerprint density at radius 3 is 2.68 bits per heavy atom. The highest BCUT2D eigenvalue weighted by atomic mass is 35.5. The van der Waals surface area contributed by atoms with E-state index < -0.39 is 29.0 Å². The monoisotopic (exact) mass is 484 g/mol. The average Bonchev–Trinajstić information content (AvgIpc) is 3.16. The highest BCUT2D eigenvalue weighted by molar-refractivity contribution is 6.44. The van der Waals surface area contributed by atoms with Crippen LogP contribution in [0.5, 0.6) is 0 Å². The fourth-order valence-corrected chi connectivity index (χ4v) is 4.79. The maximum Gasteiger partial charge on any atom is 0.293 e. The molecule has 1 fully saturated rings. The van der Waals surface area contributed by atoms with Gasteiger partial charge < -0.3 is 15.2 Å². The lowest BCUT2D eigenvalue weighted by Gasteiger charge is -2.14. The fraction of sp³-hybridized carbons (Fsp3) is 0.348. The number of carbonyl (C=O) groups is 3. The summed E-state index contributed by atoms with van der Waals surface area (Å²) in [7, 11) is 0. The first-order valence-corrected chi connectivity index (χ1v) is 11.3. The van der Waals surface area contributed by atoms with Crippen LogP contribution in [-0.4, -0.2) is 37.6 Å². The van der Waals surface area contributed by atoms with Crippen molar-refractivity contribution in [1.29, 1.82) is 0 Å². The number of nitrogens with zero attached hydrogens (tertiary/aromatic N) is 3. The van der Waals surface area contributed by atoms with Crippen LogP contribution >= 0.6 is 11.6 Å². The van der Waals surface area contributed by atoms with Crippen molar-refractivity contribution >= 4 is 34.9 Å². The van der Waals surface area contributed by atoms with E-state index in [2.05, 4.69) is 26.0 Å². The molecule has 0 bridgehead atoms. The van der Waals surface area contributed by atoms with E-state index in [1.807, 2.05) is 0 Å². The van der Waals surface area contributed by atoms with E-state index in [1.165, 1.54) is 6.07 Å². The molecule has 1 saturated carbocycles. The molecule has 2 amide bonds. The number of nitrogens with one attached hydrogen (secondary N) is 3. The number of hydrogen-bond acceptors (Lipinski definition) is 5. The van der Waals surface area contributed by atoms with Gasteiger partial charge in [0.25, 0.3) is 17.6 Å². The van der Waals surface area contributed by atoms with E-state index in [1.54, 1.807) is 30.7 Å². The summed E-state index contributed by atoms with van der Waals surface area (Å²) in [5.74, 6) is -2.76. The van der Waals surface area contributed by atoms with Crippen molar-refractivity contribution in [2.24, 2.45) is 0 Å². The van der Waals surface area contributed by atoms with Crippen molar-refractivity contribution in [3.63, 3.8) is 0 Å². The molecule has 34 heavy (non-hydrogen) atoms. The van der Waals surface area contributed by atoms with Gasteiger partial charge in [-0.3, -0.25) is 19.5 Å². The fourth-order valence-electron chi connectivity index (χ4n) is 4.63. The maximum atomic E-state index is 14.6. The van der Waals surface area contributed by atoms with E-state index in [0.717, 1.165) is 6.42 Å². The van der Waals surface area contributed by atoms with E-state index in [9.17, 15) is 18.8 Å². The van der Waals surface area contributed by atoms with Gasteiger partial charge in [0, 0.05) is 18.4 Å². The lowest BCUT2D eigenvalue weighted by Crippen LogP contribution is -2.40. The molecule has 11 heteroatoms. The SMILES string of the molecule is Cc1ccc(NC(=O)c2c(C)c(C(=O)C(=O)NC3(c4c[nH]nn4)CC3)c3n2CCC3)c(F)c1Cl. The molecule has 0 saturated heterocycles. The minimum Gasteiger partial charge on any atom is -0.340 e. The van der Waals surface area contributed by atoms with Gasteiger partial charge in [-0.1, -0.05) is 22.9 Å². The maximum absolute atomic E-state index is 14.6. The number of H-pyrrole nitrogens is 1. The Morgan fingerprint density at radius 2 is 2.00 bits per heavy atom. The Kier molecular flexibility index (Phi) is 5.27. The molecule has 1 aliphatic carbocycles. The zero-order chi connectivity index (χ0) is 24.2. The molecule has 3 aromatic rings. The molecule has 9 nitrogen and oxygen atoms in total. The van der Waals surface area contributed by atoms with Gasteiger partial charge in [0.05, 0.1) is 21.8 Å².